The van der Waals surface area contributed by atoms with Crippen molar-refractivity contribution in [3.8, 4) is 0 Å². The molecule has 0 spiro atoms. The third-order valence-corrected chi connectivity index (χ3v) is 6.25. The summed E-state index contributed by atoms with van der Waals surface area (Å²) >= 11 is 1.22. The number of hydrogen-bond acceptors (Lipinski definition) is 5. The second-order valence-electron chi connectivity index (χ2n) is 5.04. The van der Waals surface area contributed by atoms with E-state index in [4.69, 9.17) is 0 Å². The minimum atomic E-state index is -3.51. The number of benzene rings is 1. The van der Waals surface area contributed by atoms with E-state index in [-0.39, 0.29) is 16.3 Å². The van der Waals surface area contributed by atoms with Crippen LogP contribution in [0.5, 0.6) is 0 Å². The second kappa shape index (κ2) is 6.23. The first-order valence-electron chi connectivity index (χ1n) is 7.00. The monoisotopic (exact) mass is 349 g/mol. The zero-order chi connectivity index (χ0) is 16.4. The molecule has 3 rings (SSSR count). The summed E-state index contributed by atoms with van der Waals surface area (Å²) in [6.45, 7) is 2.02. The van der Waals surface area contributed by atoms with Crippen molar-refractivity contribution in [3.05, 3.63) is 57.5 Å². The minimum absolute atomic E-state index is 0.167. The number of hydrogen-bond donors (Lipinski definition) is 2. The van der Waals surface area contributed by atoms with Crippen molar-refractivity contribution in [2.75, 3.05) is 6.54 Å². The molecule has 0 atom stereocenters. The molecule has 120 valence electrons. The molecule has 0 bridgehead atoms. The quantitative estimate of drug-likeness (QED) is 0.735. The van der Waals surface area contributed by atoms with E-state index < -0.39 is 10.0 Å². The lowest BCUT2D eigenvalue weighted by Crippen LogP contribution is -2.26. The van der Waals surface area contributed by atoms with Gasteiger partial charge in [0.25, 0.3) is 5.56 Å². The third kappa shape index (κ3) is 3.49. The van der Waals surface area contributed by atoms with Crippen LogP contribution in [0.15, 0.2) is 45.4 Å². The van der Waals surface area contributed by atoms with Crippen LogP contribution in [0.1, 0.15) is 10.7 Å². The lowest BCUT2D eigenvalue weighted by atomic mass is 10.2. The van der Waals surface area contributed by atoms with Gasteiger partial charge in [-0.25, -0.2) is 18.1 Å². The van der Waals surface area contributed by atoms with E-state index in [1.807, 2.05) is 6.92 Å². The Morgan fingerprint density at radius 3 is 2.74 bits per heavy atom. The predicted molar refractivity (Wildman–Crippen MR) is 90.3 cm³/mol. The average molecular weight is 349 g/mol. The van der Waals surface area contributed by atoms with Crippen molar-refractivity contribution >= 4 is 32.3 Å². The molecule has 0 unspecified atom stereocenters. The Morgan fingerprint density at radius 1 is 1.22 bits per heavy atom. The van der Waals surface area contributed by atoms with E-state index in [0.29, 0.717) is 23.1 Å². The van der Waals surface area contributed by atoms with Gasteiger partial charge in [0.2, 0.25) is 10.0 Å². The highest BCUT2D eigenvalue weighted by Crippen LogP contribution is 2.20. The molecule has 1 aromatic carbocycles. The van der Waals surface area contributed by atoms with Gasteiger partial charge in [0.05, 0.1) is 10.9 Å². The van der Waals surface area contributed by atoms with Gasteiger partial charge in [-0.05, 0) is 31.2 Å². The summed E-state index contributed by atoms with van der Waals surface area (Å²) in [6.07, 6.45) is 0.309. The van der Waals surface area contributed by atoms with Crippen LogP contribution >= 0.6 is 11.3 Å². The van der Waals surface area contributed by atoms with Crippen LogP contribution < -0.4 is 10.3 Å². The molecule has 2 heterocycles. The SMILES string of the molecule is Cc1ccc(S(=O)(=O)NCCc2nc3ccccc3c(=O)[nH]2)s1. The van der Waals surface area contributed by atoms with E-state index in [0.717, 1.165) is 4.88 Å². The van der Waals surface area contributed by atoms with Crippen LogP contribution in [0.2, 0.25) is 0 Å². The molecule has 0 aliphatic heterocycles. The summed E-state index contributed by atoms with van der Waals surface area (Å²) in [4.78, 5) is 19.9. The fraction of sp³-hybridized carbons (Fsp3) is 0.200. The zero-order valence-corrected chi connectivity index (χ0v) is 14.0. The Bertz CT molecular complexity index is 1010. The summed E-state index contributed by atoms with van der Waals surface area (Å²) in [5.74, 6) is 0.457. The van der Waals surface area contributed by atoms with Gasteiger partial charge in [0.15, 0.2) is 0 Å². The number of rotatable bonds is 5. The zero-order valence-electron chi connectivity index (χ0n) is 12.4. The highest BCUT2D eigenvalue weighted by Gasteiger charge is 2.15. The summed E-state index contributed by atoms with van der Waals surface area (Å²) in [5.41, 5.74) is 0.380. The highest BCUT2D eigenvalue weighted by molar-refractivity contribution is 7.91. The van der Waals surface area contributed by atoms with Crippen LogP contribution in [0.25, 0.3) is 10.9 Å². The van der Waals surface area contributed by atoms with Crippen molar-refractivity contribution in [3.63, 3.8) is 0 Å². The molecule has 8 heteroatoms. The Labute approximate surface area is 137 Å². The number of thiophene rings is 1. The van der Waals surface area contributed by atoms with Crippen LogP contribution in [0.3, 0.4) is 0 Å². The van der Waals surface area contributed by atoms with Crippen LogP contribution in [-0.2, 0) is 16.4 Å². The number of aromatic nitrogens is 2. The molecule has 0 aliphatic rings. The summed E-state index contributed by atoms with van der Waals surface area (Å²) in [5, 5.41) is 0.519. The predicted octanol–water partition coefficient (Wildman–Crippen LogP) is 1.81. The first-order valence-corrected chi connectivity index (χ1v) is 9.30. The van der Waals surface area contributed by atoms with Gasteiger partial charge in [0.1, 0.15) is 10.0 Å². The lowest BCUT2D eigenvalue weighted by molar-refractivity contribution is 0.583. The first-order chi connectivity index (χ1) is 11.0. The molecule has 0 saturated heterocycles. The smallest absolute Gasteiger partial charge is 0.258 e. The average Bonchev–Trinajstić information content (AvgIpc) is 2.95. The normalized spacial score (nSPS) is 11.9. The van der Waals surface area contributed by atoms with Gasteiger partial charge in [-0.3, -0.25) is 4.79 Å². The Balaban J connectivity index is 1.73. The first kappa shape index (κ1) is 15.9. The molecule has 2 aromatic heterocycles. The Hall–Kier alpha value is -2.03. The number of aryl methyl sites for hydroxylation is 1. The molecule has 2 N–H and O–H groups in total. The maximum atomic E-state index is 12.1. The summed E-state index contributed by atoms with van der Waals surface area (Å²) in [7, 11) is -3.51. The van der Waals surface area contributed by atoms with Gasteiger partial charge >= 0.3 is 0 Å². The lowest BCUT2D eigenvalue weighted by Gasteiger charge is -2.05. The summed E-state index contributed by atoms with van der Waals surface area (Å²) < 4.78 is 27.1. The molecule has 23 heavy (non-hydrogen) atoms. The molecule has 0 aliphatic carbocycles. The van der Waals surface area contributed by atoms with E-state index in [1.165, 1.54) is 11.3 Å². The third-order valence-electron chi connectivity index (χ3n) is 3.30. The second-order valence-corrected chi connectivity index (χ2v) is 8.32. The maximum Gasteiger partial charge on any atom is 0.258 e. The molecule has 0 fully saturated rings. The van der Waals surface area contributed by atoms with E-state index in [9.17, 15) is 13.2 Å². The fourth-order valence-electron chi connectivity index (χ4n) is 2.18. The van der Waals surface area contributed by atoms with Crippen molar-refractivity contribution in [2.24, 2.45) is 0 Å². The standard InChI is InChI=1S/C15H15N3O3S2/c1-10-6-7-14(22-10)23(20,21)16-9-8-13-17-12-5-3-2-4-11(12)15(19)18-13/h2-7,16H,8-9H2,1H3,(H,17,18,19). The molecule has 0 radical (unpaired) electrons. The highest BCUT2D eigenvalue weighted by atomic mass is 32.2. The van der Waals surface area contributed by atoms with E-state index in [1.54, 1.807) is 36.4 Å². The molecule has 0 saturated carbocycles. The number of aromatic amines is 1. The van der Waals surface area contributed by atoms with Crippen molar-refractivity contribution in [1.82, 2.24) is 14.7 Å². The number of para-hydroxylation sites is 1. The van der Waals surface area contributed by atoms with Crippen molar-refractivity contribution in [1.29, 1.82) is 0 Å². The molecule has 6 nitrogen and oxygen atoms in total. The number of nitrogens with zero attached hydrogens (tertiary/aromatic N) is 1. The minimum Gasteiger partial charge on any atom is -0.310 e. The van der Waals surface area contributed by atoms with E-state index in [2.05, 4.69) is 14.7 Å². The maximum absolute atomic E-state index is 12.1. The molecular formula is C15H15N3O3S2. The van der Waals surface area contributed by atoms with E-state index >= 15 is 0 Å². The van der Waals surface area contributed by atoms with Crippen molar-refractivity contribution in [2.45, 2.75) is 17.6 Å². The molecular weight excluding hydrogens is 334 g/mol. The largest absolute Gasteiger partial charge is 0.310 e. The molecule has 3 aromatic rings. The van der Waals surface area contributed by atoms with Crippen LogP contribution in [0, 0.1) is 6.92 Å². The van der Waals surface area contributed by atoms with Gasteiger partial charge in [-0.15, -0.1) is 11.3 Å². The van der Waals surface area contributed by atoms with Gasteiger partial charge in [-0.2, -0.15) is 0 Å². The summed E-state index contributed by atoms with van der Waals surface area (Å²) in [6, 6.07) is 10.4. The van der Waals surface area contributed by atoms with Crippen LogP contribution in [0.4, 0.5) is 0 Å². The topological polar surface area (TPSA) is 91.9 Å². The van der Waals surface area contributed by atoms with Gasteiger partial charge < -0.3 is 4.98 Å². The van der Waals surface area contributed by atoms with Crippen LogP contribution in [-0.4, -0.2) is 24.9 Å². The number of fused-ring (bicyclic) bond motifs is 1. The number of H-pyrrole nitrogens is 1. The number of nitrogens with one attached hydrogen (secondary N) is 2. The Kier molecular flexibility index (Phi) is 4.29. The van der Waals surface area contributed by atoms with Gasteiger partial charge in [-0.1, -0.05) is 12.1 Å². The van der Waals surface area contributed by atoms with Crippen molar-refractivity contribution < 1.29 is 8.42 Å². The van der Waals surface area contributed by atoms with Gasteiger partial charge in [0, 0.05) is 17.8 Å². The fourth-order valence-corrected chi connectivity index (χ4v) is 4.54. The number of sulfonamides is 1. The molecule has 0 amide bonds. The Morgan fingerprint density at radius 2 is 2.00 bits per heavy atom.